The number of rotatable bonds is 7. The molecule has 4 heteroatoms. The lowest BCUT2D eigenvalue weighted by atomic mass is 10.00. The van der Waals surface area contributed by atoms with Gasteiger partial charge in [0.15, 0.2) is 11.5 Å². The first-order chi connectivity index (χ1) is 10.6. The van der Waals surface area contributed by atoms with E-state index in [1.807, 2.05) is 48.5 Å². The molecule has 0 aliphatic heterocycles. The molecule has 1 atom stereocenters. The van der Waals surface area contributed by atoms with Gasteiger partial charge >= 0.3 is 5.97 Å². The van der Waals surface area contributed by atoms with Gasteiger partial charge in [-0.15, -0.1) is 0 Å². The number of hydrogen-bond donors (Lipinski definition) is 1. The average molecular weight is 300 g/mol. The molecule has 1 unspecified atom stereocenters. The van der Waals surface area contributed by atoms with E-state index < -0.39 is 11.9 Å². The minimum absolute atomic E-state index is 0.399. The molecule has 2 aromatic carbocycles. The standard InChI is InChI=1S/C18H20O4/c1-13(18(19)20)11-15-9-6-10-16(21-2)17(15)22-12-14-7-4-3-5-8-14/h3-10,13H,11-12H2,1-2H3,(H,19,20). The van der Waals surface area contributed by atoms with Gasteiger partial charge in [-0.2, -0.15) is 0 Å². The summed E-state index contributed by atoms with van der Waals surface area (Å²) in [6.07, 6.45) is 0.399. The summed E-state index contributed by atoms with van der Waals surface area (Å²) < 4.78 is 11.3. The summed E-state index contributed by atoms with van der Waals surface area (Å²) in [5, 5.41) is 9.10. The van der Waals surface area contributed by atoms with Crippen molar-refractivity contribution < 1.29 is 19.4 Å². The van der Waals surface area contributed by atoms with Gasteiger partial charge in [0, 0.05) is 0 Å². The van der Waals surface area contributed by atoms with Gasteiger partial charge in [-0.25, -0.2) is 0 Å². The van der Waals surface area contributed by atoms with Gasteiger partial charge in [0.25, 0.3) is 0 Å². The third-order valence-electron chi connectivity index (χ3n) is 3.45. The molecule has 2 rings (SSSR count). The zero-order valence-electron chi connectivity index (χ0n) is 12.8. The quantitative estimate of drug-likeness (QED) is 0.849. The highest BCUT2D eigenvalue weighted by atomic mass is 16.5. The number of benzene rings is 2. The number of ether oxygens (including phenoxy) is 2. The minimum Gasteiger partial charge on any atom is -0.493 e. The van der Waals surface area contributed by atoms with Gasteiger partial charge in [-0.05, 0) is 23.6 Å². The highest BCUT2D eigenvalue weighted by Crippen LogP contribution is 2.33. The van der Waals surface area contributed by atoms with E-state index >= 15 is 0 Å². The minimum atomic E-state index is -0.822. The second-order valence-electron chi connectivity index (χ2n) is 5.17. The summed E-state index contributed by atoms with van der Waals surface area (Å²) in [6, 6.07) is 15.4. The molecule has 0 aliphatic carbocycles. The molecule has 0 radical (unpaired) electrons. The molecule has 0 saturated carbocycles. The number of para-hydroxylation sites is 1. The van der Waals surface area contributed by atoms with Gasteiger partial charge in [0.2, 0.25) is 0 Å². The second kappa shape index (κ2) is 7.50. The van der Waals surface area contributed by atoms with E-state index in [4.69, 9.17) is 14.6 Å². The van der Waals surface area contributed by atoms with Crippen molar-refractivity contribution in [2.75, 3.05) is 7.11 Å². The van der Waals surface area contributed by atoms with Crippen molar-refractivity contribution >= 4 is 5.97 Å². The van der Waals surface area contributed by atoms with Crippen LogP contribution in [0.1, 0.15) is 18.1 Å². The van der Waals surface area contributed by atoms with Crippen molar-refractivity contribution in [2.45, 2.75) is 20.0 Å². The number of hydrogen-bond acceptors (Lipinski definition) is 3. The van der Waals surface area contributed by atoms with Crippen LogP contribution in [-0.2, 0) is 17.8 Å². The van der Waals surface area contributed by atoms with Crippen LogP contribution in [0.5, 0.6) is 11.5 Å². The molecule has 0 heterocycles. The van der Waals surface area contributed by atoms with E-state index in [-0.39, 0.29) is 0 Å². The van der Waals surface area contributed by atoms with Gasteiger partial charge in [0.1, 0.15) is 6.61 Å². The Balaban J connectivity index is 2.21. The highest BCUT2D eigenvalue weighted by Gasteiger charge is 2.17. The fourth-order valence-electron chi connectivity index (χ4n) is 2.19. The summed E-state index contributed by atoms with van der Waals surface area (Å²) in [4.78, 5) is 11.1. The Morgan fingerprint density at radius 2 is 1.86 bits per heavy atom. The smallest absolute Gasteiger partial charge is 0.306 e. The van der Waals surface area contributed by atoms with Crippen molar-refractivity contribution in [2.24, 2.45) is 5.92 Å². The lowest BCUT2D eigenvalue weighted by molar-refractivity contribution is -0.141. The Morgan fingerprint density at radius 1 is 1.14 bits per heavy atom. The van der Waals surface area contributed by atoms with Gasteiger partial charge in [0.05, 0.1) is 13.0 Å². The van der Waals surface area contributed by atoms with Gasteiger partial charge in [-0.3, -0.25) is 4.79 Å². The Morgan fingerprint density at radius 3 is 2.50 bits per heavy atom. The maximum absolute atomic E-state index is 11.1. The molecule has 0 aromatic heterocycles. The fourth-order valence-corrected chi connectivity index (χ4v) is 2.19. The van der Waals surface area contributed by atoms with Crippen molar-refractivity contribution in [3.63, 3.8) is 0 Å². The van der Waals surface area contributed by atoms with Crippen LogP contribution in [0, 0.1) is 5.92 Å². The van der Waals surface area contributed by atoms with Crippen molar-refractivity contribution in [3.05, 3.63) is 59.7 Å². The molecule has 116 valence electrons. The molecule has 1 N–H and O–H groups in total. The normalized spacial score (nSPS) is 11.7. The summed E-state index contributed by atoms with van der Waals surface area (Å²) in [5.41, 5.74) is 1.89. The predicted molar refractivity (Wildman–Crippen MR) is 84.3 cm³/mol. The summed E-state index contributed by atoms with van der Waals surface area (Å²) in [7, 11) is 1.58. The third-order valence-corrected chi connectivity index (χ3v) is 3.45. The zero-order chi connectivity index (χ0) is 15.9. The van der Waals surface area contributed by atoms with E-state index in [0.717, 1.165) is 11.1 Å². The first kappa shape index (κ1) is 15.9. The zero-order valence-corrected chi connectivity index (χ0v) is 12.8. The van der Waals surface area contributed by atoms with E-state index in [9.17, 15) is 4.79 Å². The summed E-state index contributed by atoms with van der Waals surface area (Å²) >= 11 is 0. The number of carbonyl (C=O) groups is 1. The molecule has 0 amide bonds. The van der Waals surface area contributed by atoms with Crippen molar-refractivity contribution in [1.82, 2.24) is 0 Å². The molecule has 0 aliphatic rings. The molecule has 2 aromatic rings. The van der Waals surface area contributed by atoms with Crippen LogP contribution >= 0.6 is 0 Å². The number of carboxylic acid groups (broad SMARTS) is 1. The maximum Gasteiger partial charge on any atom is 0.306 e. The number of methoxy groups -OCH3 is 1. The van der Waals surface area contributed by atoms with Crippen molar-refractivity contribution in [3.8, 4) is 11.5 Å². The van der Waals surface area contributed by atoms with Crippen LogP contribution < -0.4 is 9.47 Å². The molecular formula is C18H20O4. The summed E-state index contributed by atoms with van der Waals surface area (Å²) in [5.74, 6) is -0.0732. The fraction of sp³-hybridized carbons (Fsp3) is 0.278. The van der Waals surface area contributed by atoms with E-state index in [0.29, 0.717) is 24.5 Å². The molecule has 22 heavy (non-hydrogen) atoms. The monoisotopic (exact) mass is 300 g/mol. The van der Waals surface area contributed by atoms with Crippen LogP contribution in [-0.4, -0.2) is 18.2 Å². The Kier molecular flexibility index (Phi) is 5.42. The van der Waals surface area contributed by atoms with Gasteiger partial charge in [-0.1, -0.05) is 49.4 Å². The van der Waals surface area contributed by atoms with Crippen LogP contribution in [0.25, 0.3) is 0 Å². The Bertz CT molecular complexity index is 622. The lowest BCUT2D eigenvalue weighted by Gasteiger charge is -2.16. The van der Waals surface area contributed by atoms with Crippen LogP contribution in [0.3, 0.4) is 0 Å². The maximum atomic E-state index is 11.1. The average Bonchev–Trinajstić information content (AvgIpc) is 2.54. The molecule has 0 bridgehead atoms. The first-order valence-corrected chi connectivity index (χ1v) is 7.17. The molecule has 4 nitrogen and oxygen atoms in total. The molecular weight excluding hydrogens is 280 g/mol. The second-order valence-corrected chi connectivity index (χ2v) is 5.17. The Hall–Kier alpha value is -2.49. The molecule has 0 saturated heterocycles. The number of aliphatic carboxylic acids is 1. The third kappa shape index (κ3) is 4.01. The highest BCUT2D eigenvalue weighted by molar-refractivity contribution is 5.70. The van der Waals surface area contributed by atoms with Crippen LogP contribution in [0.15, 0.2) is 48.5 Å². The molecule has 0 spiro atoms. The van der Waals surface area contributed by atoms with Gasteiger partial charge < -0.3 is 14.6 Å². The summed E-state index contributed by atoms with van der Waals surface area (Å²) in [6.45, 7) is 2.10. The van der Waals surface area contributed by atoms with E-state index in [2.05, 4.69) is 0 Å². The predicted octanol–water partition coefficient (Wildman–Crippen LogP) is 3.54. The molecule has 0 fully saturated rings. The van der Waals surface area contributed by atoms with E-state index in [1.54, 1.807) is 14.0 Å². The van der Waals surface area contributed by atoms with E-state index in [1.165, 1.54) is 0 Å². The lowest BCUT2D eigenvalue weighted by Crippen LogP contribution is -2.13. The Labute approximate surface area is 130 Å². The topological polar surface area (TPSA) is 55.8 Å². The number of carboxylic acids is 1. The largest absolute Gasteiger partial charge is 0.493 e. The van der Waals surface area contributed by atoms with Crippen LogP contribution in [0.4, 0.5) is 0 Å². The van der Waals surface area contributed by atoms with Crippen molar-refractivity contribution in [1.29, 1.82) is 0 Å². The van der Waals surface area contributed by atoms with Crippen LogP contribution in [0.2, 0.25) is 0 Å². The first-order valence-electron chi connectivity index (χ1n) is 7.17. The SMILES string of the molecule is COc1cccc(CC(C)C(=O)O)c1OCc1ccccc1.